The fourth-order valence-electron chi connectivity index (χ4n) is 2.24. The molecule has 2 rings (SSSR count). The second-order valence-corrected chi connectivity index (χ2v) is 4.49. The third-order valence-electron chi connectivity index (χ3n) is 3.16. The molecular formula is C12H17N3O2. The Balaban J connectivity index is 2.01. The van der Waals surface area contributed by atoms with Crippen LogP contribution in [-0.4, -0.2) is 15.9 Å². The lowest BCUT2D eigenvalue weighted by atomic mass is 10.1. The first-order valence-electron chi connectivity index (χ1n) is 6.13. The van der Waals surface area contributed by atoms with Crippen LogP contribution in [0.3, 0.4) is 0 Å². The smallest absolute Gasteiger partial charge is 0.274 e. The SMILES string of the molecule is O=[N+]([O-])c1ccnc(NC2CCCCCC2)c1. The molecule has 1 N–H and O–H groups in total. The first-order valence-corrected chi connectivity index (χ1v) is 6.13. The van der Waals surface area contributed by atoms with E-state index in [-0.39, 0.29) is 10.6 Å². The summed E-state index contributed by atoms with van der Waals surface area (Å²) < 4.78 is 0. The highest BCUT2D eigenvalue weighted by atomic mass is 16.6. The lowest BCUT2D eigenvalue weighted by molar-refractivity contribution is -0.384. The quantitative estimate of drug-likeness (QED) is 0.496. The second-order valence-electron chi connectivity index (χ2n) is 4.49. The Morgan fingerprint density at radius 2 is 2.00 bits per heavy atom. The number of aromatic nitrogens is 1. The maximum atomic E-state index is 10.7. The summed E-state index contributed by atoms with van der Waals surface area (Å²) in [5.41, 5.74) is 0.0936. The van der Waals surface area contributed by atoms with Crippen molar-refractivity contribution < 1.29 is 4.92 Å². The van der Waals surface area contributed by atoms with E-state index in [9.17, 15) is 10.1 Å². The third-order valence-corrected chi connectivity index (χ3v) is 3.16. The molecule has 0 saturated heterocycles. The maximum Gasteiger partial charge on any atom is 0.274 e. The van der Waals surface area contributed by atoms with Gasteiger partial charge in [0.1, 0.15) is 5.82 Å². The number of nitro groups is 1. The highest BCUT2D eigenvalue weighted by Gasteiger charge is 2.14. The van der Waals surface area contributed by atoms with Crippen molar-refractivity contribution in [2.75, 3.05) is 5.32 Å². The van der Waals surface area contributed by atoms with Gasteiger partial charge in [-0.1, -0.05) is 25.7 Å². The third kappa shape index (κ3) is 3.41. The predicted molar refractivity (Wildman–Crippen MR) is 66.0 cm³/mol. The van der Waals surface area contributed by atoms with Crippen molar-refractivity contribution in [3.05, 3.63) is 28.4 Å². The number of rotatable bonds is 3. The Bertz CT molecular complexity index is 387. The van der Waals surface area contributed by atoms with Gasteiger partial charge < -0.3 is 5.32 Å². The molecule has 1 aliphatic carbocycles. The van der Waals surface area contributed by atoms with Crippen LogP contribution in [-0.2, 0) is 0 Å². The monoisotopic (exact) mass is 235 g/mol. The number of hydrogen-bond donors (Lipinski definition) is 1. The van der Waals surface area contributed by atoms with Crippen LogP contribution in [0.15, 0.2) is 18.3 Å². The van der Waals surface area contributed by atoms with Crippen LogP contribution in [0.5, 0.6) is 0 Å². The van der Waals surface area contributed by atoms with E-state index in [0.29, 0.717) is 11.9 Å². The van der Waals surface area contributed by atoms with Gasteiger partial charge in [-0.05, 0) is 12.8 Å². The van der Waals surface area contributed by atoms with Gasteiger partial charge in [0.2, 0.25) is 0 Å². The summed E-state index contributed by atoms with van der Waals surface area (Å²) in [4.78, 5) is 14.4. The molecular weight excluding hydrogens is 218 g/mol. The van der Waals surface area contributed by atoms with Gasteiger partial charge in [0, 0.05) is 18.3 Å². The Hall–Kier alpha value is -1.65. The maximum absolute atomic E-state index is 10.7. The highest BCUT2D eigenvalue weighted by molar-refractivity contribution is 5.44. The molecule has 1 aromatic heterocycles. The fraction of sp³-hybridized carbons (Fsp3) is 0.583. The number of nitrogens with one attached hydrogen (secondary N) is 1. The van der Waals surface area contributed by atoms with E-state index in [1.807, 2.05) is 0 Å². The van der Waals surface area contributed by atoms with Crippen LogP contribution in [0.25, 0.3) is 0 Å². The first-order chi connectivity index (χ1) is 8.25. The normalized spacial score (nSPS) is 17.4. The van der Waals surface area contributed by atoms with E-state index >= 15 is 0 Å². The minimum atomic E-state index is -0.389. The Kier molecular flexibility index (Phi) is 3.90. The Morgan fingerprint density at radius 1 is 1.29 bits per heavy atom. The average molecular weight is 235 g/mol. The number of hydrogen-bond acceptors (Lipinski definition) is 4. The largest absolute Gasteiger partial charge is 0.367 e. The molecule has 17 heavy (non-hydrogen) atoms. The number of pyridine rings is 1. The van der Waals surface area contributed by atoms with Crippen molar-refractivity contribution >= 4 is 11.5 Å². The van der Waals surface area contributed by atoms with Crippen molar-refractivity contribution in [1.82, 2.24) is 4.98 Å². The predicted octanol–water partition coefficient (Wildman–Crippen LogP) is 3.12. The van der Waals surface area contributed by atoms with Crippen LogP contribution < -0.4 is 5.32 Å². The van der Waals surface area contributed by atoms with Gasteiger partial charge in [0.25, 0.3) is 5.69 Å². The van der Waals surface area contributed by atoms with Crippen molar-refractivity contribution in [2.45, 2.75) is 44.6 Å². The minimum absolute atomic E-state index is 0.0936. The molecule has 0 amide bonds. The Labute approximate surface area is 100 Å². The van der Waals surface area contributed by atoms with E-state index < -0.39 is 0 Å². The van der Waals surface area contributed by atoms with Crippen molar-refractivity contribution in [3.8, 4) is 0 Å². The molecule has 1 heterocycles. The number of anilines is 1. The lowest BCUT2D eigenvalue weighted by Gasteiger charge is -2.16. The van der Waals surface area contributed by atoms with Gasteiger partial charge in [0.15, 0.2) is 0 Å². The Morgan fingerprint density at radius 3 is 2.65 bits per heavy atom. The van der Waals surface area contributed by atoms with Crippen molar-refractivity contribution in [3.63, 3.8) is 0 Å². The van der Waals surface area contributed by atoms with Gasteiger partial charge in [0.05, 0.1) is 11.0 Å². The van der Waals surface area contributed by atoms with Crippen LogP contribution in [0, 0.1) is 10.1 Å². The number of nitrogens with zero attached hydrogens (tertiary/aromatic N) is 2. The van der Waals surface area contributed by atoms with E-state index in [0.717, 1.165) is 12.8 Å². The molecule has 1 aliphatic rings. The first kappa shape index (κ1) is 11.8. The molecule has 0 unspecified atom stereocenters. The van der Waals surface area contributed by atoms with Gasteiger partial charge in [-0.25, -0.2) is 4.98 Å². The highest BCUT2D eigenvalue weighted by Crippen LogP contribution is 2.21. The van der Waals surface area contributed by atoms with Crippen LogP contribution >= 0.6 is 0 Å². The summed E-state index contributed by atoms with van der Waals surface area (Å²) in [6.45, 7) is 0. The van der Waals surface area contributed by atoms with E-state index in [1.165, 1.54) is 44.0 Å². The van der Waals surface area contributed by atoms with Crippen molar-refractivity contribution in [1.29, 1.82) is 0 Å². The van der Waals surface area contributed by atoms with Crippen LogP contribution in [0.2, 0.25) is 0 Å². The molecule has 1 fully saturated rings. The standard InChI is InChI=1S/C12H17N3O2/c16-15(17)11-7-8-13-12(9-11)14-10-5-3-1-2-4-6-10/h7-10H,1-6H2,(H,13,14). The summed E-state index contributed by atoms with van der Waals surface area (Å²) >= 11 is 0. The summed E-state index contributed by atoms with van der Waals surface area (Å²) in [7, 11) is 0. The summed E-state index contributed by atoms with van der Waals surface area (Å²) in [5.74, 6) is 0.617. The lowest BCUT2D eigenvalue weighted by Crippen LogP contribution is -2.18. The average Bonchev–Trinajstić information content (AvgIpc) is 2.58. The summed E-state index contributed by atoms with van der Waals surface area (Å²) in [6.07, 6.45) is 8.78. The van der Waals surface area contributed by atoms with Crippen LogP contribution in [0.1, 0.15) is 38.5 Å². The summed E-state index contributed by atoms with van der Waals surface area (Å²) in [6, 6.07) is 3.33. The molecule has 0 spiro atoms. The molecule has 0 atom stereocenters. The van der Waals surface area contributed by atoms with Crippen molar-refractivity contribution in [2.24, 2.45) is 0 Å². The van der Waals surface area contributed by atoms with Gasteiger partial charge in [-0.2, -0.15) is 0 Å². The molecule has 1 saturated carbocycles. The molecule has 5 nitrogen and oxygen atoms in total. The molecule has 0 aromatic carbocycles. The zero-order chi connectivity index (χ0) is 12.1. The van der Waals surface area contributed by atoms with Crippen LogP contribution in [0.4, 0.5) is 11.5 Å². The molecule has 0 bridgehead atoms. The molecule has 5 heteroatoms. The zero-order valence-corrected chi connectivity index (χ0v) is 9.76. The van der Waals surface area contributed by atoms with Gasteiger partial charge >= 0.3 is 0 Å². The second kappa shape index (κ2) is 5.61. The van der Waals surface area contributed by atoms with Gasteiger partial charge in [-0.3, -0.25) is 10.1 Å². The molecule has 0 radical (unpaired) electrons. The fourth-order valence-corrected chi connectivity index (χ4v) is 2.24. The zero-order valence-electron chi connectivity index (χ0n) is 9.76. The summed E-state index contributed by atoms with van der Waals surface area (Å²) in [5, 5.41) is 14.0. The van der Waals surface area contributed by atoms with E-state index in [4.69, 9.17) is 0 Å². The van der Waals surface area contributed by atoms with E-state index in [1.54, 1.807) is 0 Å². The molecule has 1 aromatic rings. The molecule has 0 aliphatic heterocycles. The minimum Gasteiger partial charge on any atom is -0.367 e. The topological polar surface area (TPSA) is 68.1 Å². The van der Waals surface area contributed by atoms with Gasteiger partial charge in [-0.15, -0.1) is 0 Å². The molecule has 92 valence electrons. The van der Waals surface area contributed by atoms with E-state index in [2.05, 4.69) is 10.3 Å².